The van der Waals surface area contributed by atoms with Gasteiger partial charge in [-0.25, -0.2) is 0 Å². The molecule has 6 nitrogen and oxygen atoms in total. The summed E-state index contributed by atoms with van der Waals surface area (Å²) >= 11 is 0. The summed E-state index contributed by atoms with van der Waals surface area (Å²) in [6.45, 7) is 0. The van der Waals surface area contributed by atoms with Gasteiger partial charge in [-0.15, -0.1) is 0 Å². The van der Waals surface area contributed by atoms with Crippen LogP contribution in [0.25, 0.3) is 0 Å². The summed E-state index contributed by atoms with van der Waals surface area (Å²) in [4.78, 5) is 23.6. The van der Waals surface area contributed by atoms with Crippen molar-refractivity contribution in [3.8, 4) is 17.6 Å². The van der Waals surface area contributed by atoms with Gasteiger partial charge in [-0.05, 0) is 61.4 Å². The number of rotatable bonds is 5. The van der Waals surface area contributed by atoms with E-state index in [0.717, 1.165) is 0 Å². The van der Waals surface area contributed by atoms with Crippen LogP contribution in [0.15, 0.2) is 60.7 Å². The highest BCUT2D eigenvalue weighted by Crippen LogP contribution is 2.28. The SMILES string of the molecule is N#Cc1ccc(Oc2ccc(NC(=O)[C@H]3CC=CC[C@H]3C(=O)[O-])cc2)cc1. The second-order valence-electron chi connectivity index (χ2n) is 6.23. The van der Waals surface area contributed by atoms with Crippen LogP contribution >= 0.6 is 0 Å². The second-order valence-corrected chi connectivity index (χ2v) is 6.23. The summed E-state index contributed by atoms with van der Waals surface area (Å²) < 4.78 is 5.69. The molecule has 1 aliphatic carbocycles. The number of hydrogen-bond acceptors (Lipinski definition) is 5. The van der Waals surface area contributed by atoms with Crippen LogP contribution in [0.1, 0.15) is 18.4 Å². The maximum Gasteiger partial charge on any atom is 0.228 e. The number of carboxylic acid groups (broad SMARTS) is 1. The van der Waals surface area contributed by atoms with Gasteiger partial charge in [0.05, 0.1) is 17.6 Å². The molecule has 0 radical (unpaired) electrons. The standard InChI is InChI=1S/C21H18N2O4/c22-13-14-5-9-16(10-6-14)27-17-11-7-15(8-12-17)23-20(24)18-3-1-2-4-19(18)21(25)26/h1-2,5-12,18-19H,3-4H2,(H,23,24)(H,25,26)/p-1/t18-,19+/m0/s1. The molecule has 136 valence electrons. The van der Waals surface area contributed by atoms with Gasteiger partial charge in [-0.3, -0.25) is 4.79 Å². The maximum absolute atomic E-state index is 12.4. The predicted molar refractivity (Wildman–Crippen MR) is 96.7 cm³/mol. The Kier molecular flexibility index (Phi) is 5.53. The number of aliphatic carboxylic acids is 1. The van der Waals surface area contributed by atoms with Gasteiger partial charge in [0.2, 0.25) is 5.91 Å². The van der Waals surface area contributed by atoms with Crippen LogP contribution in [-0.4, -0.2) is 11.9 Å². The Labute approximate surface area is 156 Å². The highest BCUT2D eigenvalue weighted by Gasteiger charge is 2.29. The second kappa shape index (κ2) is 8.19. The molecule has 1 aliphatic rings. The molecule has 6 heteroatoms. The van der Waals surface area contributed by atoms with Crippen LogP contribution in [0.2, 0.25) is 0 Å². The molecule has 2 aromatic carbocycles. The van der Waals surface area contributed by atoms with E-state index >= 15 is 0 Å². The van der Waals surface area contributed by atoms with Crippen LogP contribution in [-0.2, 0) is 9.59 Å². The molecule has 1 amide bonds. The molecule has 0 spiro atoms. The summed E-state index contributed by atoms with van der Waals surface area (Å²) in [6, 6.07) is 15.5. The Morgan fingerprint density at radius 1 is 0.963 bits per heavy atom. The minimum atomic E-state index is -1.20. The minimum Gasteiger partial charge on any atom is -0.550 e. The first kappa shape index (κ1) is 18.2. The fourth-order valence-electron chi connectivity index (χ4n) is 2.94. The molecule has 0 saturated carbocycles. The smallest absolute Gasteiger partial charge is 0.228 e. The van der Waals surface area contributed by atoms with Gasteiger partial charge in [0.1, 0.15) is 11.5 Å². The number of carbonyl (C=O) groups is 2. The van der Waals surface area contributed by atoms with Gasteiger partial charge in [0, 0.05) is 17.6 Å². The molecule has 2 aromatic rings. The number of ether oxygens (including phenoxy) is 1. The van der Waals surface area contributed by atoms with Crippen molar-refractivity contribution < 1.29 is 19.4 Å². The van der Waals surface area contributed by atoms with E-state index in [1.807, 2.05) is 12.1 Å². The fourth-order valence-corrected chi connectivity index (χ4v) is 2.94. The largest absolute Gasteiger partial charge is 0.550 e. The quantitative estimate of drug-likeness (QED) is 0.825. The number of benzene rings is 2. The maximum atomic E-state index is 12.4. The summed E-state index contributed by atoms with van der Waals surface area (Å²) in [6.07, 6.45) is 4.26. The summed E-state index contributed by atoms with van der Waals surface area (Å²) in [5, 5.41) is 22.8. The summed E-state index contributed by atoms with van der Waals surface area (Å²) in [5.74, 6) is -1.83. The van der Waals surface area contributed by atoms with Gasteiger partial charge in [0.15, 0.2) is 0 Å². The molecule has 0 fully saturated rings. The molecular weight excluding hydrogens is 344 g/mol. The lowest BCUT2D eigenvalue weighted by Gasteiger charge is -2.28. The van der Waals surface area contributed by atoms with Crippen molar-refractivity contribution >= 4 is 17.6 Å². The number of carboxylic acids is 1. The van der Waals surface area contributed by atoms with E-state index in [1.165, 1.54) is 0 Å². The van der Waals surface area contributed by atoms with Crippen molar-refractivity contribution in [2.45, 2.75) is 12.8 Å². The number of amides is 1. The number of anilines is 1. The molecule has 0 saturated heterocycles. The third-order valence-corrected chi connectivity index (χ3v) is 4.41. The van der Waals surface area contributed by atoms with Crippen molar-refractivity contribution in [3.05, 3.63) is 66.2 Å². The van der Waals surface area contributed by atoms with E-state index in [0.29, 0.717) is 35.6 Å². The highest BCUT2D eigenvalue weighted by molar-refractivity contribution is 5.95. The van der Waals surface area contributed by atoms with E-state index in [9.17, 15) is 14.7 Å². The normalized spacial score (nSPS) is 18.3. The Morgan fingerprint density at radius 3 is 2.07 bits per heavy atom. The van der Waals surface area contributed by atoms with Crippen LogP contribution in [0.4, 0.5) is 5.69 Å². The van der Waals surface area contributed by atoms with Crippen molar-refractivity contribution in [3.63, 3.8) is 0 Å². The zero-order valence-electron chi connectivity index (χ0n) is 14.4. The van der Waals surface area contributed by atoms with Crippen molar-refractivity contribution in [1.82, 2.24) is 0 Å². The Balaban J connectivity index is 1.63. The van der Waals surface area contributed by atoms with Gasteiger partial charge in [0.25, 0.3) is 0 Å². The lowest BCUT2D eigenvalue weighted by atomic mass is 9.82. The van der Waals surface area contributed by atoms with Gasteiger partial charge >= 0.3 is 0 Å². The van der Waals surface area contributed by atoms with Crippen LogP contribution in [0.3, 0.4) is 0 Å². The molecule has 0 heterocycles. The van der Waals surface area contributed by atoms with Crippen LogP contribution < -0.4 is 15.2 Å². The van der Waals surface area contributed by atoms with Gasteiger partial charge in [-0.1, -0.05) is 12.2 Å². The van der Waals surface area contributed by atoms with E-state index < -0.39 is 17.8 Å². The van der Waals surface area contributed by atoms with Gasteiger partial charge < -0.3 is 20.0 Å². The molecule has 3 rings (SSSR count). The molecule has 1 N–H and O–H groups in total. The van der Waals surface area contributed by atoms with Crippen molar-refractivity contribution in [2.75, 3.05) is 5.32 Å². The molecular formula is C21H17N2O4-. The topological polar surface area (TPSA) is 102 Å². The van der Waals surface area contributed by atoms with Crippen LogP contribution in [0, 0.1) is 23.2 Å². The average molecular weight is 361 g/mol. The number of nitrogens with zero attached hydrogens (tertiary/aromatic N) is 1. The highest BCUT2D eigenvalue weighted by atomic mass is 16.5. The molecule has 27 heavy (non-hydrogen) atoms. The lowest BCUT2D eigenvalue weighted by molar-refractivity contribution is -0.313. The molecule has 0 aromatic heterocycles. The first-order chi connectivity index (χ1) is 13.1. The van der Waals surface area contributed by atoms with Crippen LogP contribution in [0.5, 0.6) is 11.5 Å². The van der Waals surface area contributed by atoms with E-state index in [-0.39, 0.29) is 5.91 Å². The molecule has 0 bridgehead atoms. The zero-order valence-corrected chi connectivity index (χ0v) is 14.4. The number of carbonyl (C=O) groups excluding carboxylic acids is 2. The number of nitrogens with one attached hydrogen (secondary N) is 1. The van der Waals surface area contributed by atoms with Crippen molar-refractivity contribution in [2.24, 2.45) is 11.8 Å². The lowest BCUT2D eigenvalue weighted by Crippen LogP contribution is -2.41. The number of nitriles is 1. The number of allylic oxidation sites excluding steroid dienone is 2. The van der Waals surface area contributed by atoms with Gasteiger partial charge in [-0.2, -0.15) is 5.26 Å². The average Bonchev–Trinajstić information content (AvgIpc) is 2.70. The first-order valence-electron chi connectivity index (χ1n) is 8.51. The third-order valence-electron chi connectivity index (χ3n) is 4.41. The molecule has 0 aliphatic heterocycles. The Morgan fingerprint density at radius 2 is 1.52 bits per heavy atom. The van der Waals surface area contributed by atoms with E-state index in [4.69, 9.17) is 10.00 Å². The number of hydrogen-bond donors (Lipinski definition) is 1. The zero-order chi connectivity index (χ0) is 19.2. The predicted octanol–water partition coefficient (Wildman–Crippen LogP) is 2.62. The monoisotopic (exact) mass is 361 g/mol. The van der Waals surface area contributed by atoms with E-state index in [2.05, 4.69) is 5.32 Å². The minimum absolute atomic E-state index is 0.303. The third kappa shape index (κ3) is 4.53. The molecule has 2 atom stereocenters. The fraction of sp³-hybridized carbons (Fsp3) is 0.190. The Hall–Kier alpha value is -3.59. The summed E-state index contributed by atoms with van der Waals surface area (Å²) in [7, 11) is 0. The molecule has 0 unspecified atom stereocenters. The first-order valence-corrected chi connectivity index (χ1v) is 8.51. The van der Waals surface area contributed by atoms with Crippen molar-refractivity contribution in [1.29, 1.82) is 5.26 Å². The Bertz CT molecular complexity index is 895. The van der Waals surface area contributed by atoms with E-state index in [1.54, 1.807) is 54.6 Å². The summed E-state index contributed by atoms with van der Waals surface area (Å²) in [5.41, 5.74) is 1.10.